The summed E-state index contributed by atoms with van der Waals surface area (Å²) in [4.78, 5) is 34.8. The summed E-state index contributed by atoms with van der Waals surface area (Å²) in [6.07, 6.45) is 2.45. The van der Waals surface area contributed by atoms with Crippen LogP contribution in [0.15, 0.2) is 76.1 Å². The Balaban J connectivity index is 1.49. The van der Waals surface area contributed by atoms with Gasteiger partial charge in [-0.25, -0.2) is 0 Å². The van der Waals surface area contributed by atoms with E-state index in [2.05, 4.69) is 25.9 Å². The van der Waals surface area contributed by atoms with Crippen molar-refractivity contribution in [3.63, 3.8) is 0 Å². The molecule has 2 heterocycles. The molecule has 8 heteroatoms. The number of nitrogens with one attached hydrogen (secondary N) is 1. The zero-order chi connectivity index (χ0) is 22.7. The van der Waals surface area contributed by atoms with Crippen molar-refractivity contribution in [2.75, 3.05) is 13.6 Å². The molecule has 0 radical (unpaired) electrons. The molecule has 1 amide bonds. The minimum atomic E-state index is -0.153. The maximum atomic E-state index is 12.9. The van der Waals surface area contributed by atoms with E-state index < -0.39 is 0 Å². The first-order valence-corrected chi connectivity index (χ1v) is 11.3. The first-order valence-electron chi connectivity index (χ1n) is 10.1. The van der Waals surface area contributed by atoms with Crippen LogP contribution in [0.5, 0.6) is 0 Å². The van der Waals surface area contributed by atoms with Gasteiger partial charge in [-0.1, -0.05) is 34.1 Å². The molecule has 0 saturated heterocycles. The highest BCUT2D eigenvalue weighted by atomic mass is 79.9. The second-order valence-electron chi connectivity index (χ2n) is 7.51. The van der Waals surface area contributed by atoms with Crippen molar-refractivity contribution in [3.8, 4) is 0 Å². The Morgan fingerprint density at radius 3 is 2.66 bits per heavy atom. The number of hydrogen-bond acceptors (Lipinski definition) is 4. The van der Waals surface area contributed by atoms with Gasteiger partial charge in [0.1, 0.15) is 0 Å². The zero-order valence-electron chi connectivity index (χ0n) is 17.4. The van der Waals surface area contributed by atoms with E-state index in [1.807, 2.05) is 42.5 Å². The fraction of sp³-hybridized carbons (Fsp3) is 0.167. The highest BCUT2D eigenvalue weighted by molar-refractivity contribution is 9.10. The van der Waals surface area contributed by atoms with Crippen LogP contribution < -0.4 is 5.56 Å². The third kappa shape index (κ3) is 4.87. The van der Waals surface area contributed by atoms with Gasteiger partial charge in [0.2, 0.25) is 0 Å². The maximum absolute atomic E-state index is 12.9. The first kappa shape index (κ1) is 22.1. The summed E-state index contributed by atoms with van der Waals surface area (Å²) in [5, 5.41) is 0.564. The van der Waals surface area contributed by atoms with Crippen molar-refractivity contribution >= 4 is 45.0 Å². The number of H-pyrrole nitrogens is 1. The molecule has 0 saturated carbocycles. The molecule has 6 nitrogen and oxygen atoms in total. The van der Waals surface area contributed by atoms with Crippen LogP contribution in [-0.4, -0.2) is 38.9 Å². The van der Waals surface area contributed by atoms with Gasteiger partial charge in [-0.15, -0.1) is 0 Å². The summed E-state index contributed by atoms with van der Waals surface area (Å²) in [7, 11) is 1.78. The van der Waals surface area contributed by atoms with Gasteiger partial charge in [0.25, 0.3) is 11.5 Å². The molecule has 0 atom stereocenters. The van der Waals surface area contributed by atoms with Gasteiger partial charge in [0, 0.05) is 41.9 Å². The molecule has 4 aromatic rings. The number of nitrogens with zero attached hydrogens (tertiary/aromatic N) is 3. The van der Waals surface area contributed by atoms with E-state index in [-0.39, 0.29) is 11.5 Å². The SMILES string of the molecule is CN(CCc1ccccn1)C(=O)c1ccc(Cn2c(=S)[nH]c3ccc(Br)cc3c2=O)cc1. The van der Waals surface area contributed by atoms with E-state index in [9.17, 15) is 9.59 Å². The van der Waals surface area contributed by atoms with Gasteiger partial charge in [-0.3, -0.25) is 19.1 Å². The molecule has 32 heavy (non-hydrogen) atoms. The summed E-state index contributed by atoms with van der Waals surface area (Å²) in [6, 6.07) is 18.5. The van der Waals surface area contributed by atoms with E-state index in [0.29, 0.717) is 40.7 Å². The van der Waals surface area contributed by atoms with Crippen molar-refractivity contribution in [1.82, 2.24) is 19.4 Å². The molecule has 2 aromatic carbocycles. The number of amides is 1. The summed E-state index contributed by atoms with van der Waals surface area (Å²) < 4.78 is 2.72. The van der Waals surface area contributed by atoms with Crippen LogP contribution in [0, 0.1) is 4.77 Å². The van der Waals surface area contributed by atoms with Crippen LogP contribution in [-0.2, 0) is 13.0 Å². The number of benzene rings is 2. The zero-order valence-corrected chi connectivity index (χ0v) is 19.8. The van der Waals surface area contributed by atoms with Crippen molar-refractivity contribution < 1.29 is 4.79 Å². The first-order chi connectivity index (χ1) is 15.4. The molecule has 0 aliphatic rings. The third-order valence-corrected chi connectivity index (χ3v) is 6.08. The number of hydrogen-bond donors (Lipinski definition) is 1. The number of likely N-dealkylation sites (N-methyl/N-ethyl adjacent to an activating group) is 1. The Bertz CT molecular complexity index is 1380. The predicted molar refractivity (Wildman–Crippen MR) is 132 cm³/mol. The van der Waals surface area contributed by atoms with Crippen molar-refractivity contribution in [1.29, 1.82) is 0 Å². The minimum Gasteiger partial charge on any atom is -0.341 e. The summed E-state index contributed by atoms with van der Waals surface area (Å²) in [6.45, 7) is 0.898. The van der Waals surface area contributed by atoms with E-state index in [4.69, 9.17) is 12.2 Å². The lowest BCUT2D eigenvalue weighted by molar-refractivity contribution is 0.0796. The van der Waals surface area contributed by atoms with Gasteiger partial charge < -0.3 is 9.88 Å². The lowest BCUT2D eigenvalue weighted by atomic mass is 10.1. The molecule has 0 unspecified atom stereocenters. The van der Waals surface area contributed by atoms with Gasteiger partial charge in [-0.05, 0) is 60.2 Å². The normalized spacial score (nSPS) is 10.9. The average molecular weight is 509 g/mol. The summed E-state index contributed by atoms with van der Waals surface area (Å²) in [5.41, 5.74) is 2.98. The molecule has 4 rings (SSSR count). The average Bonchev–Trinajstić information content (AvgIpc) is 2.81. The van der Waals surface area contributed by atoms with Crippen molar-refractivity contribution in [3.05, 3.63) is 103 Å². The molecule has 0 spiro atoms. The minimum absolute atomic E-state index is 0.0579. The molecular weight excluding hydrogens is 488 g/mol. The van der Waals surface area contributed by atoms with Crippen LogP contribution in [0.4, 0.5) is 0 Å². The molecular formula is C24H21BrN4O2S. The molecule has 0 aliphatic heterocycles. The van der Waals surface area contributed by atoms with Crippen LogP contribution in [0.3, 0.4) is 0 Å². The lowest BCUT2D eigenvalue weighted by Gasteiger charge is -2.17. The standard InChI is InChI=1S/C24H21BrN4O2S/c1-28(13-11-19-4-2-3-12-26-19)22(30)17-7-5-16(6-8-17)15-29-23(31)20-14-18(25)9-10-21(20)27-24(29)32/h2-10,12,14H,11,13,15H2,1H3,(H,27,32). The largest absolute Gasteiger partial charge is 0.341 e. The van der Waals surface area contributed by atoms with E-state index >= 15 is 0 Å². The van der Waals surface area contributed by atoms with Crippen LogP contribution in [0.1, 0.15) is 21.6 Å². The van der Waals surface area contributed by atoms with Gasteiger partial charge in [0.15, 0.2) is 4.77 Å². The second-order valence-corrected chi connectivity index (χ2v) is 8.81. The quantitative estimate of drug-likeness (QED) is 0.387. The topological polar surface area (TPSA) is 71.0 Å². The lowest BCUT2D eigenvalue weighted by Crippen LogP contribution is -2.29. The Labute approximate surface area is 198 Å². The molecule has 1 N–H and O–H groups in total. The molecule has 0 bridgehead atoms. The number of aromatic amines is 1. The molecule has 0 fully saturated rings. The van der Waals surface area contributed by atoms with E-state index in [1.54, 1.807) is 36.3 Å². The smallest absolute Gasteiger partial charge is 0.262 e. The Kier molecular flexibility index (Phi) is 6.62. The van der Waals surface area contributed by atoms with Crippen molar-refractivity contribution in [2.24, 2.45) is 0 Å². The Hall–Kier alpha value is -3.10. The number of carbonyl (C=O) groups excluding carboxylic acids is 1. The highest BCUT2D eigenvalue weighted by Gasteiger charge is 2.12. The van der Waals surface area contributed by atoms with Gasteiger partial charge >= 0.3 is 0 Å². The summed E-state index contributed by atoms with van der Waals surface area (Å²) in [5.74, 6) is -0.0579. The van der Waals surface area contributed by atoms with Gasteiger partial charge in [0.05, 0.1) is 17.4 Å². The maximum Gasteiger partial charge on any atom is 0.262 e. The van der Waals surface area contributed by atoms with Gasteiger partial charge in [-0.2, -0.15) is 0 Å². The molecule has 162 valence electrons. The van der Waals surface area contributed by atoms with Crippen molar-refractivity contribution in [2.45, 2.75) is 13.0 Å². The number of halogens is 1. The van der Waals surface area contributed by atoms with Crippen LogP contribution >= 0.6 is 28.1 Å². The predicted octanol–water partition coefficient (Wildman–Crippen LogP) is 4.58. The Morgan fingerprint density at radius 2 is 1.94 bits per heavy atom. The van der Waals surface area contributed by atoms with E-state index in [1.165, 1.54) is 4.57 Å². The van der Waals surface area contributed by atoms with Crippen LogP contribution in [0.2, 0.25) is 0 Å². The third-order valence-electron chi connectivity index (χ3n) is 5.26. The fourth-order valence-electron chi connectivity index (χ4n) is 3.45. The number of rotatable bonds is 6. The summed E-state index contributed by atoms with van der Waals surface area (Å²) >= 11 is 8.81. The number of aromatic nitrogens is 3. The molecule has 2 aromatic heterocycles. The number of fused-ring (bicyclic) bond motifs is 1. The molecule has 0 aliphatic carbocycles. The second kappa shape index (κ2) is 9.58. The van der Waals surface area contributed by atoms with Crippen LogP contribution in [0.25, 0.3) is 10.9 Å². The fourth-order valence-corrected chi connectivity index (χ4v) is 4.07. The highest BCUT2D eigenvalue weighted by Crippen LogP contribution is 2.16. The number of pyridine rings is 1. The number of carbonyl (C=O) groups is 1. The monoisotopic (exact) mass is 508 g/mol. The Morgan fingerprint density at radius 1 is 1.16 bits per heavy atom. The van der Waals surface area contributed by atoms with E-state index in [0.717, 1.165) is 15.7 Å².